The Hall–Kier alpha value is -12.5. The third kappa shape index (κ3) is 9.70. The molecule has 0 unspecified atom stereocenters. The van der Waals surface area contributed by atoms with Gasteiger partial charge in [-0.15, -0.1) is 11.3 Å². The zero-order valence-electron chi connectivity index (χ0n) is 51.4. The summed E-state index contributed by atoms with van der Waals surface area (Å²) in [7, 11) is 0. The molecule has 0 saturated carbocycles. The van der Waals surface area contributed by atoms with Gasteiger partial charge in [-0.2, -0.15) is 0 Å². The first-order chi connectivity index (χ1) is 47.1. The van der Waals surface area contributed by atoms with Gasteiger partial charge in [-0.25, -0.2) is 15.0 Å². The summed E-state index contributed by atoms with van der Waals surface area (Å²) in [4.78, 5) is 20.4. The molecule has 0 amide bonds. The van der Waals surface area contributed by atoms with Crippen LogP contribution in [-0.2, 0) is 0 Å². The minimum Gasteiger partial charge on any atom is -0.308 e. The Morgan fingerprint density at radius 1 is 0.284 bits per heavy atom. The van der Waals surface area contributed by atoms with Crippen molar-refractivity contribution in [3.05, 3.63) is 346 Å². The second-order valence-corrected chi connectivity index (χ2v) is 25.0. The van der Waals surface area contributed by atoms with Gasteiger partial charge in [0.05, 0.1) is 38.1 Å². The molecular formula is C87H57N7S. The maximum absolute atomic E-state index is 5.44. The summed E-state index contributed by atoms with van der Waals surface area (Å²) in [6.07, 6.45) is 4.39. The van der Waals surface area contributed by atoms with Gasteiger partial charge in [0.15, 0.2) is 0 Å². The maximum Gasteiger partial charge on any atom is 0.138 e. The molecule has 5 heterocycles. The molecule has 0 radical (unpaired) electrons. The van der Waals surface area contributed by atoms with Crippen molar-refractivity contribution in [2.45, 2.75) is 0 Å². The summed E-state index contributed by atoms with van der Waals surface area (Å²) >= 11 is 1.73. The second kappa shape index (κ2) is 23.3. The van der Waals surface area contributed by atoms with Crippen LogP contribution in [0.2, 0.25) is 0 Å². The van der Waals surface area contributed by atoms with Gasteiger partial charge >= 0.3 is 0 Å². The number of rotatable bonds is 10. The largest absolute Gasteiger partial charge is 0.308 e. The van der Waals surface area contributed by atoms with Crippen molar-refractivity contribution < 1.29 is 0 Å². The van der Waals surface area contributed by atoms with Crippen LogP contribution in [0.15, 0.2) is 346 Å². The first-order valence-electron chi connectivity index (χ1n) is 32.1. The molecule has 0 aliphatic carbocycles. The lowest BCUT2D eigenvalue weighted by atomic mass is 9.89. The predicted molar refractivity (Wildman–Crippen MR) is 400 cm³/mol. The average molecular weight is 1230 g/mol. The number of aromatic nitrogens is 5. The van der Waals surface area contributed by atoms with Crippen LogP contribution in [0, 0.1) is 0 Å². The number of anilines is 6. The highest BCUT2D eigenvalue weighted by Gasteiger charge is 2.29. The van der Waals surface area contributed by atoms with Crippen LogP contribution in [0.25, 0.3) is 131 Å². The van der Waals surface area contributed by atoms with E-state index in [1.807, 2.05) is 6.07 Å². The predicted octanol–water partition coefficient (Wildman–Crippen LogP) is 23.8. The van der Waals surface area contributed by atoms with Crippen LogP contribution in [0.3, 0.4) is 0 Å². The fraction of sp³-hybridized carbons (Fsp3) is 0. The Bertz CT molecular complexity index is 5990. The molecule has 0 aliphatic rings. The molecule has 0 atom stereocenters. The molecule has 7 nitrogen and oxygen atoms in total. The summed E-state index contributed by atoms with van der Waals surface area (Å²) in [5.74, 6) is 0. The van der Waals surface area contributed by atoms with E-state index in [4.69, 9.17) is 15.0 Å². The summed E-state index contributed by atoms with van der Waals surface area (Å²) in [6, 6.07) is 118. The molecule has 0 saturated heterocycles. The normalized spacial score (nSPS) is 11.6. The van der Waals surface area contributed by atoms with E-state index in [0.717, 1.165) is 111 Å². The van der Waals surface area contributed by atoms with Crippen molar-refractivity contribution in [1.82, 2.24) is 23.8 Å². The smallest absolute Gasteiger partial charge is 0.138 e. The van der Waals surface area contributed by atoms with Crippen LogP contribution in [-0.4, -0.2) is 23.8 Å². The molecule has 95 heavy (non-hydrogen) atoms. The third-order valence-corrected chi connectivity index (χ3v) is 19.4. The average Bonchev–Trinajstić information content (AvgIpc) is 1.65. The van der Waals surface area contributed by atoms with E-state index in [9.17, 15) is 0 Å². The van der Waals surface area contributed by atoms with Gasteiger partial charge in [0.2, 0.25) is 0 Å². The Labute approximate surface area is 552 Å². The van der Waals surface area contributed by atoms with E-state index in [1.54, 1.807) is 11.3 Å². The van der Waals surface area contributed by atoms with E-state index in [2.05, 4.69) is 359 Å². The summed E-state index contributed by atoms with van der Waals surface area (Å²) in [5, 5.41) is 10.6. The van der Waals surface area contributed by atoms with Gasteiger partial charge in [-0.1, -0.05) is 237 Å². The summed E-state index contributed by atoms with van der Waals surface area (Å²) in [5.41, 5.74) is 21.5. The van der Waals surface area contributed by atoms with Crippen molar-refractivity contribution in [2.75, 3.05) is 9.80 Å². The Morgan fingerprint density at radius 3 is 1.33 bits per heavy atom. The zero-order valence-corrected chi connectivity index (χ0v) is 52.3. The van der Waals surface area contributed by atoms with Crippen molar-refractivity contribution in [2.24, 2.45) is 0 Å². The van der Waals surface area contributed by atoms with Gasteiger partial charge in [0.1, 0.15) is 21.8 Å². The van der Waals surface area contributed by atoms with Gasteiger partial charge in [0.25, 0.3) is 0 Å². The van der Waals surface area contributed by atoms with E-state index < -0.39 is 0 Å². The number of fused-ring (bicyclic) bond motifs is 11. The fourth-order valence-electron chi connectivity index (χ4n) is 14.0. The van der Waals surface area contributed by atoms with Crippen LogP contribution in [0.1, 0.15) is 0 Å². The van der Waals surface area contributed by atoms with E-state index in [1.165, 1.54) is 53.7 Å². The summed E-state index contributed by atoms with van der Waals surface area (Å²) < 4.78 is 5.75. The summed E-state index contributed by atoms with van der Waals surface area (Å²) in [6.45, 7) is 0. The quantitative estimate of drug-likeness (QED) is 0.128. The van der Waals surface area contributed by atoms with E-state index in [0.29, 0.717) is 0 Å². The van der Waals surface area contributed by atoms with Crippen LogP contribution >= 0.6 is 11.3 Å². The highest BCUT2D eigenvalue weighted by molar-refractivity contribution is 7.21. The molecule has 5 aromatic heterocycles. The van der Waals surface area contributed by atoms with Crippen molar-refractivity contribution in [1.29, 1.82) is 0 Å². The van der Waals surface area contributed by atoms with Crippen molar-refractivity contribution in [3.8, 4) is 44.0 Å². The molecule has 14 aromatic carbocycles. The lowest BCUT2D eigenvalue weighted by Gasteiger charge is -2.31. The molecule has 446 valence electrons. The molecule has 0 bridgehead atoms. The van der Waals surface area contributed by atoms with Gasteiger partial charge < -0.3 is 9.80 Å². The lowest BCUT2D eigenvalue weighted by molar-refractivity contribution is 1.21. The van der Waals surface area contributed by atoms with Gasteiger partial charge in [0, 0.05) is 62.6 Å². The fourth-order valence-corrected chi connectivity index (χ4v) is 15.0. The molecule has 0 fully saturated rings. The Morgan fingerprint density at radius 2 is 0.726 bits per heavy atom. The maximum atomic E-state index is 5.44. The molecule has 0 N–H and O–H groups in total. The molecule has 19 aromatic rings. The first-order valence-corrected chi connectivity index (χ1v) is 32.9. The molecule has 0 spiro atoms. The minimum absolute atomic E-state index is 0.900. The van der Waals surface area contributed by atoms with Crippen molar-refractivity contribution in [3.63, 3.8) is 0 Å². The molecule has 19 rings (SSSR count). The van der Waals surface area contributed by atoms with Crippen LogP contribution in [0.4, 0.5) is 34.1 Å². The number of imidazole rings is 2. The third-order valence-electron chi connectivity index (χ3n) is 18.3. The van der Waals surface area contributed by atoms with Crippen molar-refractivity contribution >= 4 is 132 Å². The van der Waals surface area contributed by atoms with E-state index >= 15 is 0 Å². The number of benzene rings is 14. The Kier molecular flexibility index (Phi) is 13.6. The zero-order chi connectivity index (χ0) is 62.8. The number of para-hydroxylation sites is 5. The van der Waals surface area contributed by atoms with Crippen LogP contribution in [0.5, 0.6) is 0 Å². The van der Waals surface area contributed by atoms with Crippen LogP contribution < -0.4 is 9.80 Å². The SMILES string of the molecule is c1ccc(N(c2ccccc2)c2c3ccccc3c(N(c3ccccc3)c3ccccc3)c3c2nc2ccccn23)cc1.c1ccc2cc(-c3c4ccccc4c(-c4ccc5ccccc5c4)c4c3nc3ccc(-c5ccc(-c6nc7ccccc7s6)cc5)cn34)ccc2c1. The number of hydrogen-bond acceptors (Lipinski definition) is 6. The second-order valence-electron chi connectivity index (χ2n) is 23.9. The number of nitrogens with zero attached hydrogens (tertiary/aromatic N) is 7. The number of pyridine rings is 2. The number of hydrogen-bond donors (Lipinski definition) is 0. The Balaban J connectivity index is 0.000000142. The van der Waals surface area contributed by atoms with Gasteiger partial charge in [-0.3, -0.25) is 8.80 Å². The minimum atomic E-state index is 0.900. The molecular weight excluding hydrogens is 1180 g/mol. The first kappa shape index (κ1) is 55.4. The highest BCUT2D eigenvalue weighted by atomic mass is 32.1. The molecule has 8 heteroatoms. The topological polar surface area (TPSA) is 54.0 Å². The lowest BCUT2D eigenvalue weighted by Crippen LogP contribution is -2.14. The monoisotopic (exact) mass is 1230 g/mol. The standard InChI is InChI=1S/C48H29N3S.C39H28N4/c1-3-11-34-27-36(23-19-30(34)9-1)44-39-13-5-6-14-40(39)45(37-24-20-31-10-2-4-12-35(31)28-37)47-46(44)50-43-26-25-38(29-51(43)47)32-17-21-33(22-18-32)48-49-41-15-7-8-16-42(41)52-48;1-5-17-29(18-6-1)42(30-19-7-2-8-20-30)37-33-25-13-14-26-34(33)38(39-36(37)40-35-27-15-16-28-41(35)39)43(31-21-9-3-10-22-31)32-23-11-4-12-24-32/h1-29H;1-28H. The number of thiazole rings is 1. The van der Waals surface area contributed by atoms with Gasteiger partial charge in [-0.05, 0) is 152 Å². The molecule has 0 aliphatic heterocycles. The van der Waals surface area contributed by atoms with E-state index in [-0.39, 0.29) is 0 Å². The highest BCUT2D eigenvalue weighted by Crippen LogP contribution is 2.52.